The molecule has 3 heterocycles. The summed E-state index contributed by atoms with van der Waals surface area (Å²) in [5.41, 5.74) is -2.47. The molecular formula is C42H45F2N7O10S. The Morgan fingerprint density at radius 2 is 1.69 bits per heavy atom. The molecule has 3 amide bonds. The lowest BCUT2D eigenvalue weighted by Gasteiger charge is -2.32. The predicted octanol–water partition coefficient (Wildman–Crippen LogP) is 4.54. The van der Waals surface area contributed by atoms with Gasteiger partial charge in [0.15, 0.2) is 0 Å². The van der Waals surface area contributed by atoms with E-state index < -0.39 is 85.6 Å². The minimum atomic E-state index is -4.50. The van der Waals surface area contributed by atoms with Crippen molar-refractivity contribution in [3.05, 3.63) is 111 Å². The van der Waals surface area contributed by atoms with Gasteiger partial charge in [0, 0.05) is 49.7 Å². The number of carbonyl (C=O) groups is 4. The lowest BCUT2D eigenvalue weighted by atomic mass is 9.92. The summed E-state index contributed by atoms with van der Waals surface area (Å²) in [6.07, 6.45) is 8.16. The van der Waals surface area contributed by atoms with Gasteiger partial charge in [-0.2, -0.15) is 0 Å². The number of likely N-dealkylation sites (tertiary alicyclic amines) is 1. The highest BCUT2D eigenvalue weighted by Crippen LogP contribution is 2.27. The van der Waals surface area contributed by atoms with Crippen LogP contribution < -0.4 is 26.6 Å². The number of fused-ring (bicyclic) bond motifs is 1. The van der Waals surface area contributed by atoms with Crippen molar-refractivity contribution in [2.24, 2.45) is 18.9 Å². The number of allylic oxidation sites excluding steroid dienone is 4. The highest BCUT2D eigenvalue weighted by atomic mass is 32.2. The Balaban J connectivity index is 1.06. The first-order chi connectivity index (χ1) is 29.3. The molecule has 4 aromatic rings. The molecule has 2 unspecified atom stereocenters. The van der Waals surface area contributed by atoms with E-state index in [0.717, 1.165) is 23.8 Å². The van der Waals surface area contributed by atoms with E-state index in [1.807, 2.05) is 4.72 Å². The molecule has 0 saturated carbocycles. The van der Waals surface area contributed by atoms with E-state index in [1.165, 1.54) is 53.2 Å². The number of amides is 3. The lowest BCUT2D eigenvalue weighted by Crippen LogP contribution is -2.43. The number of sulfonamides is 1. The van der Waals surface area contributed by atoms with E-state index in [4.69, 9.17) is 9.47 Å². The van der Waals surface area contributed by atoms with Gasteiger partial charge in [0.25, 0.3) is 21.5 Å². The number of anilines is 2. The predicted molar refractivity (Wildman–Crippen MR) is 223 cm³/mol. The van der Waals surface area contributed by atoms with Crippen molar-refractivity contribution in [1.82, 2.24) is 24.3 Å². The van der Waals surface area contributed by atoms with Crippen LogP contribution in [-0.2, 0) is 36.1 Å². The maximum absolute atomic E-state index is 15.4. The number of aromatic nitrogens is 3. The van der Waals surface area contributed by atoms with Crippen LogP contribution in [0, 0.1) is 23.5 Å². The second-order valence-corrected chi connectivity index (χ2v) is 17.5. The van der Waals surface area contributed by atoms with Crippen LogP contribution in [0.2, 0.25) is 0 Å². The molecule has 1 fully saturated rings. The van der Waals surface area contributed by atoms with Gasteiger partial charge in [0.1, 0.15) is 23.3 Å². The number of pyridine rings is 1. The Kier molecular flexibility index (Phi) is 13.1. The first-order valence-corrected chi connectivity index (χ1v) is 21.0. The van der Waals surface area contributed by atoms with Gasteiger partial charge in [-0.25, -0.2) is 36.1 Å². The van der Waals surface area contributed by atoms with Crippen molar-refractivity contribution in [3.63, 3.8) is 0 Å². The molecule has 3 N–H and O–H groups in total. The molecule has 1 saturated heterocycles. The SMILES string of the molecule is COC(=O)C(CC1C=CC(n2c(=O)c3ccncc3n(C)c2=O)=CC1)NC(=O)c1cc(F)c(NS(=O)(=O)c2ccc(NC(=O)C3CCN(C(=O)OC(C)(C)C)CC3)cc2)cc1F. The topological polar surface area (TPSA) is 217 Å². The normalized spacial score (nSPS) is 16.3. The summed E-state index contributed by atoms with van der Waals surface area (Å²) >= 11 is 0. The number of aryl methyl sites for hydroxylation is 1. The number of halogens is 2. The third-order valence-corrected chi connectivity index (χ3v) is 11.7. The van der Waals surface area contributed by atoms with Gasteiger partial charge in [0.2, 0.25) is 5.91 Å². The van der Waals surface area contributed by atoms with Gasteiger partial charge in [-0.15, -0.1) is 0 Å². The van der Waals surface area contributed by atoms with Crippen molar-refractivity contribution >= 4 is 61.9 Å². The Morgan fingerprint density at radius 1 is 1.00 bits per heavy atom. The second kappa shape index (κ2) is 18.1. The van der Waals surface area contributed by atoms with Gasteiger partial charge >= 0.3 is 17.8 Å². The number of rotatable bonds is 11. The molecule has 2 atom stereocenters. The van der Waals surface area contributed by atoms with Crippen LogP contribution in [0.5, 0.6) is 0 Å². The first kappa shape index (κ1) is 44.8. The number of methoxy groups -OCH3 is 1. The minimum Gasteiger partial charge on any atom is -0.467 e. The maximum Gasteiger partial charge on any atom is 0.410 e. The van der Waals surface area contributed by atoms with Crippen LogP contribution in [0.1, 0.15) is 56.8 Å². The van der Waals surface area contributed by atoms with E-state index in [0.29, 0.717) is 49.3 Å². The maximum atomic E-state index is 15.4. The number of nitrogens with one attached hydrogen (secondary N) is 3. The number of piperidine rings is 1. The third kappa shape index (κ3) is 10.1. The van der Waals surface area contributed by atoms with Gasteiger partial charge in [-0.3, -0.25) is 28.7 Å². The third-order valence-electron chi connectivity index (χ3n) is 10.3. The van der Waals surface area contributed by atoms with E-state index in [1.54, 1.807) is 32.9 Å². The standard InChI is InChI=1S/C42H45F2N7O10S/c1-42(2,3)61-41(57)50-18-15-25(16-19-50)36(52)46-26-8-12-28(13-9-26)62(58,59)48-33-22-31(43)30(21-32(33)44)37(53)47-34(39(55)60-5)20-24-6-10-27(11-7-24)51-38(54)29-14-17-45-23-35(29)49(4)40(51)56/h6,8-14,17,21-25,34,48H,7,15-16,18-20H2,1-5H3,(H,46,52)(H,47,53). The van der Waals surface area contributed by atoms with Crippen molar-refractivity contribution in [2.75, 3.05) is 30.2 Å². The second-order valence-electron chi connectivity index (χ2n) is 15.8. The molecule has 62 heavy (non-hydrogen) atoms. The number of nitrogens with zero attached hydrogens (tertiary/aromatic N) is 4. The Labute approximate surface area is 354 Å². The molecule has 0 bridgehead atoms. The summed E-state index contributed by atoms with van der Waals surface area (Å²) in [5.74, 6) is -5.81. The Bertz CT molecular complexity index is 2720. The largest absolute Gasteiger partial charge is 0.467 e. The molecule has 0 radical (unpaired) electrons. The molecular weight excluding hydrogens is 833 g/mol. The van der Waals surface area contributed by atoms with Crippen molar-refractivity contribution in [3.8, 4) is 0 Å². The van der Waals surface area contributed by atoms with E-state index >= 15 is 8.78 Å². The van der Waals surface area contributed by atoms with Gasteiger partial charge in [-0.05, 0) is 94.8 Å². The van der Waals surface area contributed by atoms with Crippen LogP contribution in [0.3, 0.4) is 0 Å². The quantitative estimate of drug-likeness (QED) is 0.178. The van der Waals surface area contributed by atoms with Crippen LogP contribution in [0.15, 0.2) is 87.6 Å². The summed E-state index contributed by atoms with van der Waals surface area (Å²) in [7, 11) is -1.90. The summed E-state index contributed by atoms with van der Waals surface area (Å²) in [5, 5.41) is 5.36. The van der Waals surface area contributed by atoms with Crippen LogP contribution in [0.25, 0.3) is 16.6 Å². The lowest BCUT2D eigenvalue weighted by molar-refractivity contribution is -0.143. The van der Waals surface area contributed by atoms with E-state index in [9.17, 15) is 37.2 Å². The van der Waals surface area contributed by atoms with E-state index in [2.05, 4.69) is 15.6 Å². The molecule has 0 spiro atoms. The summed E-state index contributed by atoms with van der Waals surface area (Å²) in [6, 6.07) is 6.11. The molecule has 20 heteroatoms. The molecule has 328 valence electrons. The zero-order valence-electron chi connectivity index (χ0n) is 34.4. The average molecular weight is 878 g/mol. The number of hydrogen-bond donors (Lipinski definition) is 3. The van der Waals surface area contributed by atoms with Gasteiger partial charge < -0.3 is 25.0 Å². The number of esters is 1. The van der Waals surface area contributed by atoms with Crippen LogP contribution in [-0.4, -0.2) is 83.2 Å². The highest BCUT2D eigenvalue weighted by molar-refractivity contribution is 7.92. The Hall–Kier alpha value is -6.70. The van der Waals surface area contributed by atoms with Crippen LogP contribution >= 0.6 is 0 Å². The fourth-order valence-electron chi connectivity index (χ4n) is 7.03. The first-order valence-electron chi connectivity index (χ1n) is 19.5. The summed E-state index contributed by atoms with van der Waals surface area (Å²) in [4.78, 5) is 82.7. The highest BCUT2D eigenvalue weighted by Gasteiger charge is 2.31. The van der Waals surface area contributed by atoms with Crippen molar-refractivity contribution in [1.29, 1.82) is 0 Å². The monoisotopic (exact) mass is 877 g/mol. The van der Waals surface area contributed by atoms with Crippen molar-refractivity contribution in [2.45, 2.75) is 63.0 Å². The van der Waals surface area contributed by atoms with E-state index in [-0.39, 0.29) is 34.7 Å². The molecule has 1 aliphatic carbocycles. The number of ether oxygens (including phenoxy) is 2. The summed E-state index contributed by atoms with van der Waals surface area (Å²) in [6.45, 7) is 5.95. The summed E-state index contributed by atoms with van der Waals surface area (Å²) < 4.78 is 71.6. The molecule has 2 aliphatic rings. The van der Waals surface area contributed by atoms with Gasteiger partial charge in [-0.1, -0.05) is 12.2 Å². The average Bonchev–Trinajstić information content (AvgIpc) is 3.23. The van der Waals surface area contributed by atoms with Gasteiger partial charge in [0.05, 0.1) is 40.4 Å². The fourth-order valence-corrected chi connectivity index (χ4v) is 8.08. The smallest absolute Gasteiger partial charge is 0.410 e. The molecule has 2 aromatic heterocycles. The van der Waals surface area contributed by atoms with Crippen LogP contribution in [0.4, 0.5) is 25.0 Å². The van der Waals surface area contributed by atoms with Crippen molar-refractivity contribution < 1.29 is 45.9 Å². The number of benzene rings is 2. The molecule has 6 rings (SSSR count). The Morgan fingerprint density at radius 3 is 2.32 bits per heavy atom. The fraction of sp³-hybridized carbons (Fsp3) is 0.357. The minimum absolute atomic E-state index is 0.0609. The molecule has 17 nitrogen and oxygen atoms in total. The zero-order valence-corrected chi connectivity index (χ0v) is 35.3. The number of hydrogen-bond acceptors (Lipinski definition) is 11. The zero-order chi connectivity index (χ0) is 45.1. The number of carbonyl (C=O) groups excluding carboxylic acids is 4. The molecule has 2 aromatic carbocycles. The molecule has 1 aliphatic heterocycles.